The lowest BCUT2D eigenvalue weighted by Gasteiger charge is -2.26. The molecule has 0 aliphatic heterocycles. The summed E-state index contributed by atoms with van der Waals surface area (Å²) in [6.07, 6.45) is -3.91. The van der Waals surface area contributed by atoms with Crippen LogP contribution in [0.1, 0.15) is 11.6 Å². The van der Waals surface area contributed by atoms with Crippen LogP contribution in [-0.4, -0.2) is 19.4 Å². The van der Waals surface area contributed by atoms with Crippen molar-refractivity contribution in [1.29, 1.82) is 0 Å². The van der Waals surface area contributed by atoms with Gasteiger partial charge in [-0.2, -0.15) is 8.78 Å². The molecule has 17 heavy (non-hydrogen) atoms. The summed E-state index contributed by atoms with van der Waals surface area (Å²) in [6.45, 7) is 0. The average molecular weight is 257 g/mol. The average Bonchev–Trinajstić information content (AvgIpc) is 2.23. The van der Waals surface area contributed by atoms with Gasteiger partial charge in [0.15, 0.2) is 11.6 Å². The summed E-state index contributed by atoms with van der Waals surface area (Å²) in [7, 11) is 1.03. The van der Waals surface area contributed by atoms with Crippen molar-refractivity contribution in [3.05, 3.63) is 35.4 Å². The van der Waals surface area contributed by atoms with Crippen molar-refractivity contribution < 1.29 is 26.3 Å². The first kappa shape index (κ1) is 13.8. The third-order valence-corrected chi connectivity index (χ3v) is 2.24. The molecule has 0 aliphatic rings. The second kappa shape index (κ2) is 4.95. The fourth-order valence-corrected chi connectivity index (χ4v) is 1.40. The fraction of sp³-hybridized carbons (Fsp3) is 0.400. The van der Waals surface area contributed by atoms with Gasteiger partial charge in [-0.3, -0.25) is 0 Å². The number of hydrogen-bond acceptors (Lipinski definition) is 1. The SMILES string of the molecule is CNC(c1ccc(F)c(F)c1)C(F)(F)C(F)F. The van der Waals surface area contributed by atoms with E-state index in [9.17, 15) is 26.3 Å². The fourth-order valence-electron chi connectivity index (χ4n) is 1.40. The molecule has 7 heteroatoms. The third-order valence-electron chi connectivity index (χ3n) is 2.24. The highest BCUT2D eigenvalue weighted by atomic mass is 19.3. The van der Waals surface area contributed by atoms with Gasteiger partial charge in [0, 0.05) is 0 Å². The van der Waals surface area contributed by atoms with Crippen molar-refractivity contribution in [3.8, 4) is 0 Å². The second-order valence-corrected chi connectivity index (χ2v) is 3.37. The van der Waals surface area contributed by atoms with Crippen molar-refractivity contribution >= 4 is 0 Å². The van der Waals surface area contributed by atoms with Gasteiger partial charge < -0.3 is 5.32 Å². The maximum atomic E-state index is 13.1. The number of benzene rings is 1. The maximum Gasteiger partial charge on any atom is 0.326 e. The van der Waals surface area contributed by atoms with E-state index >= 15 is 0 Å². The highest BCUT2D eigenvalue weighted by molar-refractivity contribution is 5.23. The van der Waals surface area contributed by atoms with Gasteiger partial charge in [-0.1, -0.05) is 6.07 Å². The highest BCUT2D eigenvalue weighted by Crippen LogP contribution is 2.36. The van der Waals surface area contributed by atoms with Crippen LogP contribution in [0.5, 0.6) is 0 Å². The summed E-state index contributed by atoms with van der Waals surface area (Å²) < 4.78 is 75.9. The molecule has 0 amide bonds. The zero-order valence-corrected chi connectivity index (χ0v) is 8.65. The topological polar surface area (TPSA) is 12.0 Å². The number of nitrogens with one attached hydrogen (secondary N) is 1. The van der Waals surface area contributed by atoms with E-state index in [0.717, 1.165) is 13.1 Å². The van der Waals surface area contributed by atoms with Crippen LogP contribution in [0.3, 0.4) is 0 Å². The second-order valence-electron chi connectivity index (χ2n) is 3.37. The lowest BCUT2D eigenvalue weighted by Crippen LogP contribution is -2.41. The first-order valence-corrected chi connectivity index (χ1v) is 4.59. The molecule has 1 nitrogen and oxygen atoms in total. The molecule has 1 aromatic carbocycles. The van der Waals surface area contributed by atoms with Gasteiger partial charge in [0.25, 0.3) is 0 Å². The minimum absolute atomic E-state index is 0.447. The van der Waals surface area contributed by atoms with E-state index in [1.54, 1.807) is 0 Å². The zero-order valence-electron chi connectivity index (χ0n) is 8.65. The molecule has 0 aliphatic carbocycles. The first-order chi connectivity index (χ1) is 7.80. The monoisotopic (exact) mass is 257 g/mol. The van der Waals surface area contributed by atoms with E-state index in [2.05, 4.69) is 0 Å². The molecular weight excluding hydrogens is 248 g/mol. The van der Waals surface area contributed by atoms with Gasteiger partial charge in [-0.05, 0) is 24.7 Å². The molecule has 0 radical (unpaired) electrons. The van der Waals surface area contributed by atoms with Crippen LogP contribution in [0.25, 0.3) is 0 Å². The van der Waals surface area contributed by atoms with Crippen molar-refractivity contribution in [2.45, 2.75) is 18.4 Å². The third kappa shape index (κ3) is 2.71. The van der Waals surface area contributed by atoms with Crippen LogP contribution in [0, 0.1) is 11.6 Å². The molecule has 1 unspecified atom stereocenters. The smallest absolute Gasteiger partial charge is 0.308 e. The molecule has 96 valence electrons. The predicted octanol–water partition coefficient (Wildman–Crippen LogP) is 3.13. The van der Waals surface area contributed by atoms with E-state index in [1.807, 2.05) is 5.32 Å². The molecule has 0 saturated heterocycles. The summed E-state index contributed by atoms with van der Waals surface area (Å²) in [6, 6.07) is -0.184. The first-order valence-electron chi connectivity index (χ1n) is 4.59. The standard InChI is InChI=1S/C10H9F6N/c1-17-8(10(15,16)9(13)14)5-2-3-6(11)7(12)4-5/h2-4,8-9,17H,1H3. The Balaban J connectivity index is 3.14. The Hall–Kier alpha value is -1.24. The molecule has 1 N–H and O–H groups in total. The Bertz CT molecular complexity index is 392. The maximum absolute atomic E-state index is 13.1. The molecule has 0 heterocycles. The van der Waals surface area contributed by atoms with Gasteiger partial charge in [0.2, 0.25) is 0 Å². The summed E-state index contributed by atoms with van der Waals surface area (Å²) in [5, 5.41) is 1.97. The van der Waals surface area contributed by atoms with Gasteiger partial charge in [-0.15, -0.1) is 0 Å². The van der Waals surface area contributed by atoms with Gasteiger partial charge in [-0.25, -0.2) is 17.6 Å². The highest BCUT2D eigenvalue weighted by Gasteiger charge is 2.48. The van der Waals surface area contributed by atoms with Crippen LogP contribution in [0.4, 0.5) is 26.3 Å². The Morgan fingerprint density at radius 3 is 2.12 bits per heavy atom. The Morgan fingerprint density at radius 1 is 1.12 bits per heavy atom. The van der Waals surface area contributed by atoms with Crippen molar-refractivity contribution in [1.82, 2.24) is 5.32 Å². The molecule has 1 rings (SSSR count). The molecule has 1 atom stereocenters. The van der Waals surface area contributed by atoms with Crippen LogP contribution < -0.4 is 5.32 Å². The Morgan fingerprint density at radius 2 is 1.71 bits per heavy atom. The van der Waals surface area contributed by atoms with Gasteiger partial charge in [0.1, 0.15) is 6.04 Å². The minimum Gasteiger partial charge on any atom is -0.308 e. The Kier molecular flexibility index (Phi) is 4.03. The predicted molar refractivity (Wildman–Crippen MR) is 49.1 cm³/mol. The normalized spacial score (nSPS) is 14.1. The van der Waals surface area contributed by atoms with Crippen LogP contribution in [0.15, 0.2) is 18.2 Å². The number of hydrogen-bond donors (Lipinski definition) is 1. The summed E-state index contributed by atoms with van der Waals surface area (Å²) in [4.78, 5) is 0. The molecular formula is C10H9F6N. The Labute approximate surface area is 93.4 Å². The molecule has 0 fully saturated rings. The van der Waals surface area contributed by atoms with Gasteiger partial charge >= 0.3 is 12.3 Å². The summed E-state index contributed by atoms with van der Waals surface area (Å²) in [5.74, 6) is -6.98. The van der Waals surface area contributed by atoms with E-state index in [0.29, 0.717) is 12.1 Å². The number of rotatable bonds is 4. The molecule has 0 spiro atoms. The van der Waals surface area contributed by atoms with Crippen LogP contribution in [0.2, 0.25) is 0 Å². The molecule has 1 aromatic rings. The lowest BCUT2D eigenvalue weighted by atomic mass is 10.0. The molecule has 0 aromatic heterocycles. The largest absolute Gasteiger partial charge is 0.326 e. The lowest BCUT2D eigenvalue weighted by molar-refractivity contribution is -0.150. The summed E-state index contributed by atoms with van der Waals surface area (Å²) >= 11 is 0. The quantitative estimate of drug-likeness (QED) is 0.817. The van der Waals surface area contributed by atoms with E-state index in [-0.39, 0.29) is 0 Å². The van der Waals surface area contributed by atoms with Crippen molar-refractivity contribution in [2.75, 3.05) is 7.05 Å². The van der Waals surface area contributed by atoms with Crippen molar-refractivity contribution in [3.63, 3.8) is 0 Å². The number of alkyl halides is 4. The summed E-state index contributed by atoms with van der Waals surface area (Å²) in [5.41, 5.74) is -0.447. The van der Waals surface area contributed by atoms with Gasteiger partial charge in [0.05, 0.1) is 0 Å². The van der Waals surface area contributed by atoms with E-state index in [4.69, 9.17) is 0 Å². The molecule has 0 bridgehead atoms. The van der Waals surface area contributed by atoms with Crippen LogP contribution >= 0.6 is 0 Å². The van der Waals surface area contributed by atoms with E-state index < -0.39 is 35.6 Å². The van der Waals surface area contributed by atoms with Crippen molar-refractivity contribution in [2.24, 2.45) is 0 Å². The zero-order chi connectivity index (χ0) is 13.2. The number of halogens is 6. The van der Waals surface area contributed by atoms with E-state index in [1.165, 1.54) is 0 Å². The van der Waals surface area contributed by atoms with Crippen LogP contribution in [-0.2, 0) is 0 Å². The molecule has 0 saturated carbocycles. The minimum atomic E-state index is -4.38.